The lowest BCUT2D eigenvalue weighted by molar-refractivity contribution is 0.591. The molecule has 0 amide bonds. The van der Waals surface area contributed by atoms with Gasteiger partial charge in [-0.2, -0.15) is 0 Å². The van der Waals surface area contributed by atoms with Crippen molar-refractivity contribution in [2.24, 2.45) is 0 Å². The van der Waals surface area contributed by atoms with Crippen molar-refractivity contribution in [3.8, 4) is 0 Å². The quantitative estimate of drug-likeness (QED) is 0.755. The third-order valence-electron chi connectivity index (χ3n) is 2.01. The molecular weight excluding hydrogens is 372 g/mol. The van der Waals surface area contributed by atoms with Gasteiger partial charge in [0.15, 0.2) is 5.03 Å². The van der Waals surface area contributed by atoms with Crippen molar-refractivity contribution in [3.05, 3.63) is 45.7 Å². The molecule has 0 aliphatic rings. The second-order valence-corrected chi connectivity index (χ2v) is 6.76. The van der Waals surface area contributed by atoms with Crippen LogP contribution in [0.15, 0.2) is 55.7 Å². The zero-order valence-electron chi connectivity index (χ0n) is 8.34. The van der Waals surface area contributed by atoms with E-state index in [0.717, 1.165) is 4.47 Å². The van der Waals surface area contributed by atoms with E-state index in [1.807, 2.05) is 0 Å². The lowest BCUT2D eigenvalue weighted by atomic mass is 10.4. The summed E-state index contributed by atoms with van der Waals surface area (Å²) in [5.74, 6) is 0. The molecule has 0 saturated carbocycles. The highest BCUT2D eigenvalue weighted by atomic mass is 79.9. The largest absolute Gasteiger partial charge is 0.229 e. The van der Waals surface area contributed by atoms with E-state index in [-0.39, 0.29) is 9.92 Å². The third-order valence-corrected chi connectivity index (χ3v) is 4.64. The van der Waals surface area contributed by atoms with E-state index in [1.165, 1.54) is 24.5 Å². The molecule has 17 heavy (non-hydrogen) atoms. The fourth-order valence-electron chi connectivity index (χ4n) is 1.20. The first-order valence-corrected chi connectivity index (χ1v) is 7.55. The van der Waals surface area contributed by atoms with Gasteiger partial charge in [-0.15, -0.1) is 0 Å². The van der Waals surface area contributed by atoms with Gasteiger partial charge in [-0.3, -0.25) is 0 Å². The molecule has 1 heterocycles. The average molecular weight is 378 g/mol. The average Bonchev–Trinajstić information content (AvgIpc) is 2.29. The van der Waals surface area contributed by atoms with E-state index >= 15 is 0 Å². The number of halogens is 2. The predicted octanol–water partition coefficient (Wildman–Crippen LogP) is 2.83. The molecule has 2 aromatic rings. The Labute approximate surface area is 115 Å². The van der Waals surface area contributed by atoms with E-state index in [2.05, 4.69) is 41.8 Å². The molecule has 0 bridgehead atoms. The molecule has 0 saturated heterocycles. The van der Waals surface area contributed by atoms with Crippen LogP contribution < -0.4 is 0 Å². The number of sulfone groups is 1. The first kappa shape index (κ1) is 12.7. The summed E-state index contributed by atoms with van der Waals surface area (Å²) in [4.78, 5) is 7.76. The molecule has 0 spiro atoms. The van der Waals surface area contributed by atoms with Crippen LogP contribution in [0.3, 0.4) is 0 Å². The molecule has 0 N–H and O–H groups in total. The van der Waals surface area contributed by atoms with Gasteiger partial charge in [0.05, 0.1) is 4.90 Å². The van der Waals surface area contributed by atoms with Crippen molar-refractivity contribution in [1.82, 2.24) is 9.97 Å². The van der Waals surface area contributed by atoms with Gasteiger partial charge in [-0.05, 0) is 40.2 Å². The molecule has 0 unspecified atom stereocenters. The standard InChI is InChI=1S/C10H6Br2N2O2S/c11-7-1-3-8(4-2-7)17(15,16)10-5-9(12)13-6-14-10/h1-6H. The lowest BCUT2D eigenvalue weighted by Gasteiger charge is -2.03. The molecule has 88 valence electrons. The maximum atomic E-state index is 12.2. The number of aromatic nitrogens is 2. The van der Waals surface area contributed by atoms with Crippen LogP contribution in [0.4, 0.5) is 0 Å². The lowest BCUT2D eigenvalue weighted by Crippen LogP contribution is -2.04. The molecule has 2 rings (SSSR count). The molecular formula is C10H6Br2N2O2S. The number of rotatable bonds is 2. The summed E-state index contributed by atoms with van der Waals surface area (Å²) >= 11 is 6.37. The molecule has 7 heteroatoms. The Balaban J connectivity index is 2.54. The van der Waals surface area contributed by atoms with Crippen LogP contribution in [0.25, 0.3) is 0 Å². The van der Waals surface area contributed by atoms with Crippen LogP contribution in [-0.4, -0.2) is 18.4 Å². The molecule has 1 aromatic heterocycles. The number of hydrogen-bond acceptors (Lipinski definition) is 4. The highest BCUT2D eigenvalue weighted by molar-refractivity contribution is 9.10. The summed E-state index contributed by atoms with van der Waals surface area (Å²) in [6, 6.07) is 7.76. The van der Waals surface area contributed by atoms with Crippen molar-refractivity contribution in [3.63, 3.8) is 0 Å². The van der Waals surface area contributed by atoms with E-state index in [9.17, 15) is 8.42 Å². The smallest absolute Gasteiger partial charge is 0.223 e. The van der Waals surface area contributed by atoms with E-state index in [0.29, 0.717) is 4.60 Å². The zero-order valence-corrected chi connectivity index (χ0v) is 12.3. The summed E-state index contributed by atoms with van der Waals surface area (Å²) in [7, 11) is -3.58. The predicted molar refractivity (Wildman–Crippen MR) is 69.3 cm³/mol. The van der Waals surface area contributed by atoms with Gasteiger partial charge in [0, 0.05) is 10.5 Å². The molecule has 0 fully saturated rings. The summed E-state index contributed by atoms with van der Waals surface area (Å²) in [5, 5.41) is -0.0262. The van der Waals surface area contributed by atoms with Crippen molar-refractivity contribution in [1.29, 1.82) is 0 Å². The van der Waals surface area contributed by atoms with Crippen molar-refractivity contribution >= 4 is 41.7 Å². The number of hydrogen-bond donors (Lipinski definition) is 0. The van der Waals surface area contributed by atoms with Crippen LogP contribution in [0.5, 0.6) is 0 Å². The van der Waals surface area contributed by atoms with Gasteiger partial charge in [0.25, 0.3) is 0 Å². The van der Waals surface area contributed by atoms with Crippen molar-refractivity contribution in [2.75, 3.05) is 0 Å². The summed E-state index contributed by atoms with van der Waals surface area (Å²) < 4.78 is 25.6. The Hall–Kier alpha value is -0.790. The van der Waals surface area contributed by atoms with Crippen LogP contribution in [0.2, 0.25) is 0 Å². The van der Waals surface area contributed by atoms with E-state index < -0.39 is 9.84 Å². The second-order valence-electron chi connectivity index (χ2n) is 3.14. The Morgan fingerprint density at radius 1 is 1.00 bits per heavy atom. The second kappa shape index (κ2) is 4.83. The van der Waals surface area contributed by atoms with Gasteiger partial charge in [-0.25, -0.2) is 18.4 Å². The Kier molecular flexibility index (Phi) is 3.60. The van der Waals surface area contributed by atoms with Crippen molar-refractivity contribution < 1.29 is 8.42 Å². The maximum absolute atomic E-state index is 12.2. The fourth-order valence-corrected chi connectivity index (χ4v) is 3.11. The van der Waals surface area contributed by atoms with Gasteiger partial charge < -0.3 is 0 Å². The topological polar surface area (TPSA) is 59.9 Å². The first-order valence-electron chi connectivity index (χ1n) is 4.48. The van der Waals surface area contributed by atoms with E-state index in [4.69, 9.17) is 0 Å². The highest BCUT2D eigenvalue weighted by Gasteiger charge is 2.19. The third kappa shape index (κ3) is 2.72. The van der Waals surface area contributed by atoms with E-state index in [1.54, 1.807) is 12.1 Å². The molecule has 0 atom stereocenters. The molecule has 0 aliphatic heterocycles. The Bertz CT molecular complexity index is 642. The fraction of sp³-hybridized carbons (Fsp3) is 0. The molecule has 0 aliphatic carbocycles. The van der Waals surface area contributed by atoms with Crippen LogP contribution in [0.1, 0.15) is 0 Å². The van der Waals surface area contributed by atoms with Gasteiger partial charge in [-0.1, -0.05) is 15.9 Å². The Morgan fingerprint density at radius 2 is 1.65 bits per heavy atom. The maximum Gasteiger partial charge on any atom is 0.223 e. The summed E-state index contributed by atoms with van der Waals surface area (Å²) in [5.41, 5.74) is 0. The monoisotopic (exact) mass is 376 g/mol. The molecule has 0 radical (unpaired) electrons. The normalized spacial score (nSPS) is 11.4. The Morgan fingerprint density at radius 3 is 2.24 bits per heavy atom. The van der Waals surface area contributed by atoms with Crippen LogP contribution in [0, 0.1) is 0 Å². The number of nitrogens with zero attached hydrogens (tertiary/aromatic N) is 2. The molecule has 1 aromatic carbocycles. The van der Waals surface area contributed by atoms with Gasteiger partial charge in [0.1, 0.15) is 10.9 Å². The van der Waals surface area contributed by atoms with Gasteiger partial charge >= 0.3 is 0 Å². The minimum absolute atomic E-state index is 0.0262. The summed E-state index contributed by atoms with van der Waals surface area (Å²) in [6.45, 7) is 0. The SMILES string of the molecule is O=S(=O)(c1ccc(Br)cc1)c1cc(Br)ncn1. The minimum Gasteiger partial charge on any atom is -0.229 e. The zero-order chi connectivity index (χ0) is 12.5. The van der Waals surface area contributed by atoms with Gasteiger partial charge in [0.2, 0.25) is 9.84 Å². The highest BCUT2D eigenvalue weighted by Crippen LogP contribution is 2.22. The minimum atomic E-state index is -3.58. The van der Waals surface area contributed by atoms with Crippen LogP contribution in [-0.2, 0) is 9.84 Å². The van der Waals surface area contributed by atoms with Crippen LogP contribution >= 0.6 is 31.9 Å². The van der Waals surface area contributed by atoms with Crippen molar-refractivity contribution in [2.45, 2.75) is 9.92 Å². The molecule has 4 nitrogen and oxygen atoms in total. The summed E-state index contributed by atoms with van der Waals surface area (Å²) in [6.07, 6.45) is 1.20. The number of benzene rings is 1. The first-order chi connectivity index (χ1) is 8.00.